The lowest BCUT2D eigenvalue weighted by Gasteiger charge is -2.18. The van der Waals surface area contributed by atoms with Crippen LogP contribution >= 0.6 is 0 Å². The Bertz CT molecular complexity index is 108. The van der Waals surface area contributed by atoms with Crippen LogP contribution in [-0.2, 0) is 9.47 Å². The molecule has 0 aliphatic carbocycles. The van der Waals surface area contributed by atoms with Gasteiger partial charge in [0.1, 0.15) is 6.79 Å². The van der Waals surface area contributed by atoms with Crippen molar-refractivity contribution in [1.29, 1.82) is 0 Å². The summed E-state index contributed by atoms with van der Waals surface area (Å²) in [5.74, 6) is 0. The molecule has 0 aromatic rings. The van der Waals surface area contributed by atoms with E-state index in [0.29, 0.717) is 12.8 Å². The minimum Gasteiger partial charge on any atom is -0.359 e. The van der Waals surface area contributed by atoms with Gasteiger partial charge in [-0.05, 0) is 26.4 Å². The molecule has 3 heteroatoms. The Morgan fingerprint density at radius 3 is 2.91 bits per heavy atom. The molecule has 0 aromatic heterocycles. The molecule has 1 rings (SSSR count). The zero-order chi connectivity index (χ0) is 8.10. The van der Waals surface area contributed by atoms with Gasteiger partial charge in [0, 0.05) is 13.2 Å². The lowest BCUT2D eigenvalue weighted by molar-refractivity contribution is -0.0449. The van der Waals surface area contributed by atoms with Crippen LogP contribution in [-0.4, -0.2) is 45.0 Å². The van der Waals surface area contributed by atoms with E-state index in [1.54, 1.807) is 7.11 Å². The van der Waals surface area contributed by atoms with Crippen LogP contribution in [0, 0.1) is 0 Å². The second kappa shape index (κ2) is 4.70. The van der Waals surface area contributed by atoms with Crippen LogP contribution in [0.3, 0.4) is 0 Å². The van der Waals surface area contributed by atoms with Crippen LogP contribution in [0.2, 0.25) is 0 Å². The highest BCUT2D eigenvalue weighted by molar-refractivity contribution is 4.75. The standard InChI is InChI=1S/C8H17NO2/c1-9-5-3-4-8(9)6-11-7-10-2/h8H,3-7H2,1-2H3/t8-/m0/s1. The molecule has 0 amide bonds. The first-order chi connectivity index (χ1) is 5.34. The lowest BCUT2D eigenvalue weighted by Crippen LogP contribution is -2.29. The van der Waals surface area contributed by atoms with Gasteiger partial charge < -0.3 is 14.4 Å². The van der Waals surface area contributed by atoms with E-state index >= 15 is 0 Å². The van der Waals surface area contributed by atoms with Gasteiger partial charge in [0.25, 0.3) is 0 Å². The fourth-order valence-electron chi connectivity index (χ4n) is 1.46. The Hall–Kier alpha value is -0.120. The number of likely N-dealkylation sites (tertiary alicyclic amines) is 1. The van der Waals surface area contributed by atoms with Crippen molar-refractivity contribution in [2.24, 2.45) is 0 Å². The van der Waals surface area contributed by atoms with Crippen molar-refractivity contribution in [2.75, 3.05) is 34.1 Å². The maximum Gasteiger partial charge on any atom is 0.146 e. The highest BCUT2D eigenvalue weighted by Gasteiger charge is 2.20. The second-order valence-corrected chi connectivity index (χ2v) is 3.05. The quantitative estimate of drug-likeness (QED) is 0.445. The summed E-state index contributed by atoms with van der Waals surface area (Å²) in [5, 5.41) is 0. The van der Waals surface area contributed by atoms with E-state index in [1.165, 1.54) is 19.4 Å². The second-order valence-electron chi connectivity index (χ2n) is 3.05. The molecule has 0 radical (unpaired) electrons. The molecule has 0 saturated carbocycles. The minimum absolute atomic E-state index is 0.421. The Balaban J connectivity index is 2.05. The van der Waals surface area contributed by atoms with Gasteiger partial charge >= 0.3 is 0 Å². The van der Waals surface area contributed by atoms with Crippen molar-refractivity contribution in [3.05, 3.63) is 0 Å². The predicted octanol–water partition coefficient (Wildman–Crippen LogP) is 0.701. The van der Waals surface area contributed by atoms with Crippen molar-refractivity contribution in [2.45, 2.75) is 18.9 Å². The van der Waals surface area contributed by atoms with Gasteiger partial charge in [0.05, 0.1) is 6.61 Å². The Kier molecular flexibility index (Phi) is 3.83. The van der Waals surface area contributed by atoms with Gasteiger partial charge in [-0.2, -0.15) is 0 Å². The molecule has 0 bridgehead atoms. The molecule has 3 nitrogen and oxygen atoms in total. The van der Waals surface area contributed by atoms with Crippen molar-refractivity contribution in [1.82, 2.24) is 4.90 Å². The van der Waals surface area contributed by atoms with E-state index in [4.69, 9.17) is 9.47 Å². The normalized spacial score (nSPS) is 26.2. The topological polar surface area (TPSA) is 21.7 Å². The molecule has 0 spiro atoms. The molecule has 1 aliphatic heterocycles. The monoisotopic (exact) mass is 159 g/mol. The summed E-state index contributed by atoms with van der Waals surface area (Å²) in [6, 6.07) is 0.616. The zero-order valence-corrected chi connectivity index (χ0v) is 7.38. The third-order valence-electron chi connectivity index (χ3n) is 2.18. The smallest absolute Gasteiger partial charge is 0.146 e. The van der Waals surface area contributed by atoms with Crippen molar-refractivity contribution in [3.8, 4) is 0 Å². The maximum atomic E-state index is 5.27. The zero-order valence-electron chi connectivity index (χ0n) is 7.38. The summed E-state index contributed by atoms with van der Waals surface area (Å²) in [7, 11) is 3.80. The minimum atomic E-state index is 0.421. The van der Waals surface area contributed by atoms with E-state index < -0.39 is 0 Å². The number of nitrogens with zero attached hydrogens (tertiary/aromatic N) is 1. The first-order valence-electron chi connectivity index (χ1n) is 4.11. The molecule has 1 saturated heterocycles. The summed E-state index contributed by atoms with van der Waals surface area (Å²) in [6.45, 7) is 2.44. The predicted molar refractivity (Wildman–Crippen MR) is 43.5 cm³/mol. The van der Waals surface area contributed by atoms with Crippen molar-refractivity contribution >= 4 is 0 Å². The number of hydrogen-bond acceptors (Lipinski definition) is 3. The summed E-state index contributed by atoms with van der Waals surface area (Å²) >= 11 is 0. The first-order valence-corrected chi connectivity index (χ1v) is 4.11. The molecule has 66 valence electrons. The van der Waals surface area contributed by atoms with Gasteiger partial charge in [-0.1, -0.05) is 0 Å². The van der Waals surface area contributed by atoms with Crippen molar-refractivity contribution < 1.29 is 9.47 Å². The third kappa shape index (κ3) is 2.77. The highest BCUT2D eigenvalue weighted by atomic mass is 16.7. The molecular formula is C8H17NO2. The lowest BCUT2D eigenvalue weighted by atomic mass is 10.2. The van der Waals surface area contributed by atoms with E-state index in [0.717, 1.165) is 6.61 Å². The number of hydrogen-bond donors (Lipinski definition) is 0. The van der Waals surface area contributed by atoms with Gasteiger partial charge in [-0.15, -0.1) is 0 Å². The maximum absolute atomic E-state index is 5.27. The van der Waals surface area contributed by atoms with Crippen LogP contribution in [0.1, 0.15) is 12.8 Å². The number of methoxy groups -OCH3 is 1. The fourth-order valence-corrected chi connectivity index (χ4v) is 1.46. The number of likely N-dealkylation sites (N-methyl/N-ethyl adjacent to an activating group) is 1. The largest absolute Gasteiger partial charge is 0.359 e. The van der Waals surface area contributed by atoms with Crippen LogP contribution in [0.25, 0.3) is 0 Å². The molecule has 11 heavy (non-hydrogen) atoms. The van der Waals surface area contributed by atoms with E-state index in [1.807, 2.05) is 0 Å². The van der Waals surface area contributed by atoms with E-state index in [2.05, 4.69) is 11.9 Å². The average Bonchev–Trinajstić information content (AvgIpc) is 2.37. The molecule has 1 atom stereocenters. The van der Waals surface area contributed by atoms with Gasteiger partial charge in [0.2, 0.25) is 0 Å². The Morgan fingerprint density at radius 2 is 2.36 bits per heavy atom. The molecule has 0 N–H and O–H groups in total. The average molecular weight is 159 g/mol. The molecule has 0 aromatic carbocycles. The summed E-state index contributed by atoms with van der Waals surface area (Å²) < 4.78 is 10.1. The SMILES string of the molecule is COCOC[C@@H]1CCCN1C. The fraction of sp³-hybridized carbons (Fsp3) is 1.00. The Morgan fingerprint density at radius 1 is 1.55 bits per heavy atom. The van der Waals surface area contributed by atoms with Crippen LogP contribution in [0.15, 0.2) is 0 Å². The molecule has 1 heterocycles. The first kappa shape index (κ1) is 8.97. The number of rotatable bonds is 4. The number of ether oxygens (including phenoxy) is 2. The van der Waals surface area contributed by atoms with Gasteiger partial charge in [0.15, 0.2) is 0 Å². The third-order valence-corrected chi connectivity index (χ3v) is 2.18. The molecule has 0 unspecified atom stereocenters. The molecular weight excluding hydrogens is 142 g/mol. The van der Waals surface area contributed by atoms with E-state index in [9.17, 15) is 0 Å². The van der Waals surface area contributed by atoms with Crippen LogP contribution in [0.5, 0.6) is 0 Å². The molecule has 1 fully saturated rings. The summed E-state index contributed by atoms with van der Waals surface area (Å²) in [6.07, 6.45) is 2.57. The van der Waals surface area contributed by atoms with Crippen molar-refractivity contribution in [3.63, 3.8) is 0 Å². The molecule has 1 aliphatic rings. The van der Waals surface area contributed by atoms with Gasteiger partial charge in [-0.3, -0.25) is 0 Å². The highest BCUT2D eigenvalue weighted by Crippen LogP contribution is 2.14. The van der Waals surface area contributed by atoms with Crippen LogP contribution < -0.4 is 0 Å². The van der Waals surface area contributed by atoms with Gasteiger partial charge in [-0.25, -0.2) is 0 Å². The summed E-state index contributed by atoms with van der Waals surface area (Å²) in [5.41, 5.74) is 0. The van der Waals surface area contributed by atoms with E-state index in [-0.39, 0.29) is 0 Å². The summed E-state index contributed by atoms with van der Waals surface area (Å²) in [4.78, 5) is 2.34. The Labute approximate surface area is 68.3 Å². The van der Waals surface area contributed by atoms with Crippen LogP contribution in [0.4, 0.5) is 0 Å².